The Morgan fingerprint density at radius 2 is 1.50 bits per heavy atom. The van der Waals surface area contributed by atoms with E-state index in [1.54, 1.807) is 0 Å². The molecule has 1 aliphatic heterocycles. The van der Waals surface area contributed by atoms with Crippen molar-refractivity contribution < 1.29 is 14.3 Å². The van der Waals surface area contributed by atoms with Crippen molar-refractivity contribution in [2.45, 2.75) is 71.1 Å². The Balaban J connectivity index is 1.32. The van der Waals surface area contributed by atoms with Crippen LogP contribution in [0.5, 0.6) is 5.75 Å². The summed E-state index contributed by atoms with van der Waals surface area (Å²) >= 11 is 0. The molecule has 166 valence electrons. The lowest BCUT2D eigenvalue weighted by Crippen LogP contribution is -2.37. The summed E-state index contributed by atoms with van der Waals surface area (Å²) in [4.78, 5) is 29.1. The van der Waals surface area contributed by atoms with Crippen LogP contribution in [0.2, 0.25) is 0 Å². The van der Waals surface area contributed by atoms with Crippen LogP contribution in [0.15, 0.2) is 24.3 Å². The van der Waals surface area contributed by atoms with Crippen LogP contribution in [0, 0.1) is 12.8 Å². The molecule has 1 heterocycles. The van der Waals surface area contributed by atoms with Gasteiger partial charge in [-0.15, -0.1) is 0 Å². The highest BCUT2D eigenvalue weighted by Crippen LogP contribution is 2.27. The molecule has 1 saturated heterocycles. The zero-order valence-corrected chi connectivity index (χ0v) is 18.6. The maximum Gasteiger partial charge on any atom is 0.222 e. The Labute approximate surface area is 181 Å². The molecule has 0 spiro atoms. The molecule has 5 heteroatoms. The second-order valence-electron chi connectivity index (χ2n) is 8.92. The average molecular weight is 415 g/mol. The highest BCUT2D eigenvalue weighted by molar-refractivity contribution is 5.77. The number of hydrogen-bond donors (Lipinski definition) is 0. The lowest BCUT2D eigenvalue weighted by atomic mass is 9.86. The third kappa shape index (κ3) is 7.33. The molecule has 0 aromatic heterocycles. The summed E-state index contributed by atoms with van der Waals surface area (Å²) in [6.07, 6.45) is 10.4. The van der Waals surface area contributed by atoms with Crippen molar-refractivity contribution >= 4 is 11.8 Å². The third-order valence-electron chi connectivity index (χ3n) is 6.52. The second-order valence-corrected chi connectivity index (χ2v) is 8.92. The lowest BCUT2D eigenvalue weighted by Gasteiger charge is -2.24. The van der Waals surface area contributed by atoms with E-state index in [-0.39, 0.29) is 11.8 Å². The highest BCUT2D eigenvalue weighted by Gasteiger charge is 2.23. The molecule has 1 aliphatic carbocycles. The van der Waals surface area contributed by atoms with Gasteiger partial charge < -0.3 is 14.5 Å². The average Bonchev–Trinajstić information content (AvgIpc) is 3.03. The number of aryl methyl sites for hydroxylation is 1. The molecule has 5 nitrogen and oxygen atoms in total. The van der Waals surface area contributed by atoms with Crippen LogP contribution >= 0.6 is 0 Å². The predicted octanol–water partition coefficient (Wildman–Crippen LogP) is 4.58. The largest absolute Gasteiger partial charge is 0.494 e. The lowest BCUT2D eigenvalue weighted by molar-refractivity contribution is -0.133. The molecule has 30 heavy (non-hydrogen) atoms. The number of rotatable bonds is 8. The molecule has 3 rings (SSSR count). The normalized spacial score (nSPS) is 18.2. The molecule has 1 aromatic rings. The van der Waals surface area contributed by atoms with E-state index in [0.717, 1.165) is 37.6 Å². The van der Waals surface area contributed by atoms with Crippen molar-refractivity contribution in [2.24, 2.45) is 5.92 Å². The maximum atomic E-state index is 12.6. The van der Waals surface area contributed by atoms with Crippen LogP contribution in [-0.4, -0.2) is 54.4 Å². The van der Waals surface area contributed by atoms with E-state index in [2.05, 4.69) is 6.92 Å². The number of hydrogen-bond acceptors (Lipinski definition) is 3. The van der Waals surface area contributed by atoms with E-state index in [1.807, 2.05) is 34.1 Å². The van der Waals surface area contributed by atoms with Gasteiger partial charge in [0.1, 0.15) is 5.75 Å². The van der Waals surface area contributed by atoms with Crippen molar-refractivity contribution in [3.63, 3.8) is 0 Å². The molecule has 1 aromatic carbocycles. The molecule has 0 N–H and O–H groups in total. The Hall–Kier alpha value is -2.04. The molecular weight excluding hydrogens is 376 g/mol. The van der Waals surface area contributed by atoms with Gasteiger partial charge in [0.15, 0.2) is 0 Å². The van der Waals surface area contributed by atoms with Gasteiger partial charge in [0.05, 0.1) is 6.61 Å². The van der Waals surface area contributed by atoms with Crippen molar-refractivity contribution in [3.05, 3.63) is 29.8 Å². The molecule has 2 fully saturated rings. The van der Waals surface area contributed by atoms with Gasteiger partial charge in [0, 0.05) is 39.0 Å². The first-order valence-electron chi connectivity index (χ1n) is 11.9. The van der Waals surface area contributed by atoms with Gasteiger partial charge in [-0.3, -0.25) is 9.59 Å². The zero-order chi connectivity index (χ0) is 21.2. The van der Waals surface area contributed by atoms with Gasteiger partial charge in [-0.25, -0.2) is 0 Å². The Kier molecular flexibility index (Phi) is 9.03. The molecule has 0 atom stereocenters. The fourth-order valence-corrected chi connectivity index (χ4v) is 4.58. The first kappa shape index (κ1) is 22.6. The van der Waals surface area contributed by atoms with Crippen molar-refractivity contribution in [2.75, 3.05) is 32.8 Å². The summed E-state index contributed by atoms with van der Waals surface area (Å²) in [6.45, 7) is 5.47. The van der Waals surface area contributed by atoms with E-state index in [0.29, 0.717) is 39.0 Å². The maximum absolute atomic E-state index is 12.6. The van der Waals surface area contributed by atoms with E-state index >= 15 is 0 Å². The van der Waals surface area contributed by atoms with Crippen LogP contribution < -0.4 is 4.74 Å². The smallest absolute Gasteiger partial charge is 0.222 e. The monoisotopic (exact) mass is 414 g/mol. The SMILES string of the molecule is Cc1ccc(OCCCC(=O)N2CCCN(C(=O)CCC3CCCCC3)CC2)cc1. The second kappa shape index (κ2) is 12.0. The summed E-state index contributed by atoms with van der Waals surface area (Å²) in [7, 11) is 0. The minimum Gasteiger partial charge on any atom is -0.494 e. The number of carbonyl (C=O) groups excluding carboxylic acids is 2. The minimum absolute atomic E-state index is 0.180. The minimum atomic E-state index is 0.180. The van der Waals surface area contributed by atoms with E-state index in [9.17, 15) is 9.59 Å². The van der Waals surface area contributed by atoms with Crippen LogP contribution in [0.4, 0.5) is 0 Å². The number of amides is 2. The summed E-state index contributed by atoms with van der Waals surface area (Å²) in [6, 6.07) is 7.98. The van der Waals surface area contributed by atoms with E-state index in [4.69, 9.17) is 4.74 Å². The van der Waals surface area contributed by atoms with Crippen molar-refractivity contribution in [3.8, 4) is 5.75 Å². The number of benzene rings is 1. The summed E-state index contributed by atoms with van der Waals surface area (Å²) in [5.74, 6) is 2.06. The molecule has 1 saturated carbocycles. The molecular formula is C25H38N2O3. The first-order valence-corrected chi connectivity index (χ1v) is 11.9. The first-order chi connectivity index (χ1) is 14.6. The topological polar surface area (TPSA) is 49.9 Å². The summed E-state index contributed by atoms with van der Waals surface area (Å²) in [5, 5.41) is 0. The van der Waals surface area contributed by atoms with Crippen LogP contribution in [0.3, 0.4) is 0 Å². The van der Waals surface area contributed by atoms with Gasteiger partial charge in [0.2, 0.25) is 11.8 Å². The quantitative estimate of drug-likeness (QED) is 0.585. The highest BCUT2D eigenvalue weighted by atomic mass is 16.5. The van der Waals surface area contributed by atoms with Gasteiger partial charge in [-0.2, -0.15) is 0 Å². The van der Waals surface area contributed by atoms with Crippen LogP contribution in [-0.2, 0) is 9.59 Å². The number of nitrogens with zero attached hydrogens (tertiary/aromatic N) is 2. The van der Waals surface area contributed by atoms with E-state index in [1.165, 1.54) is 37.7 Å². The predicted molar refractivity (Wildman–Crippen MR) is 119 cm³/mol. The van der Waals surface area contributed by atoms with Gasteiger partial charge in [-0.1, -0.05) is 49.8 Å². The standard InChI is InChI=1S/C25H38N2O3/c1-21-10-13-23(14-11-21)30-20-5-9-24(28)26-16-6-17-27(19-18-26)25(29)15-12-22-7-3-2-4-8-22/h10-11,13-14,22H,2-9,12,15-20H2,1H3. The van der Waals surface area contributed by atoms with Gasteiger partial charge in [-0.05, 0) is 44.2 Å². The van der Waals surface area contributed by atoms with Gasteiger partial charge in [0.25, 0.3) is 0 Å². The molecule has 0 bridgehead atoms. The molecule has 2 aliphatic rings. The molecule has 2 amide bonds. The Morgan fingerprint density at radius 3 is 2.17 bits per heavy atom. The Bertz CT molecular complexity index is 667. The van der Waals surface area contributed by atoms with Crippen molar-refractivity contribution in [1.29, 1.82) is 0 Å². The molecule has 0 unspecified atom stereocenters. The fourth-order valence-electron chi connectivity index (χ4n) is 4.58. The number of ether oxygens (including phenoxy) is 1. The van der Waals surface area contributed by atoms with E-state index < -0.39 is 0 Å². The zero-order valence-electron chi connectivity index (χ0n) is 18.6. The third-order valence-corrected chi connectivity index (χ3v) is 6.52. The summed E-state index contributed by atoms with van der Waals surface area (Å²) in [5.41, 5.74) is 1.21. The number of carbonyl (C=O) groups is 2. The fraction of sp³-hybridized carbons (Fsp3) is 0.680. The molecule has 0 radical (unpaired) electrons. The van der Waals surface area contributed by atoms with Gasteiger partial charge >= 0.3 is 0 Å². The van der Waals surface area contributed by atoms with Crippen molar-refractivity contribution in [1.82, 2.24) is 9.80 Å². The van der Waals surface area contributed by atoms with Crippen LogP contribution in [0.25, 0.3) is 0 Å². The Morgan fingerprint density at radius 1 is 0.867 bits per heavy atom. The summed E-state index contributed by atoms with van der Waals surface area (Å²) < 4.78 is 5.73. The van der Waals surface area contributed by atoms with Crippen LogP contribution in [0.1, 0.15) is 69.8 Å².